The average Bonchev–Trinajstić information content (AvgIpc) is 0.854. The average molecular weight is 1740 g/mol. The van der Waals surface area contributed by atoms with Gasteiger partial charge < -0.3 is 23.7 Å². The van der Waals surface area contributed by atoms with Gasteiger partial charge in [0.1, 0.15) is 92.4 Å². The number of halogens is 3. The van der Waals surface area contributed by atoms with Crippen LogP contribution in [0.15, 0.2) is 244 Å². The molecule has 127 heavy (non-hydrogen) atoms. The summed E-state index contributed by atoms with van der Waals surface area (Å²) >= 11 is 11.8. The second kappa shape index (κ2) is 46.0. The molecule has 0 aliphatic rings. The van der Waals surface area contributed by atoms with Gasteiger partial charge in [0.15, 0.2) is 34.7 Å². The van der Waals surface area contributed by atoms with E-state index in [1.165, 1.54) is 31.0 Å². The first-order valence-corrected chi connectivity index (χ1v) is 41.1. The molecular formula is C98H89Cl2FN16O10. The SMILES string of the molecule is CCc1cc(Oc2cncc(F)c2)cc(C(=O)Cc2ccc(C)cn2)n1.CCc1cc(Oc2cncnc2)cc(C(=O)Cc2cccc(C)n2)n1.CCc1cccc(CC(=O)c2cc(Oc3cncc(Cl)c3)cc(C)n2)n1.Cc1cc(Oc2cncc(Cl)c2)cc(C(=O)Cc2ccc(C)c(C)n2)n1.Cc1cccc(CC(=O)c2cc(Oc3cccnc3)cc(C)n2)n1. The molecule has 26 nitrogen and oxygen atoms in total. The highest BCUT2D eigenvalue weighted by atomic mass is 35.5. The maximum Gasteiger partial charge on any atom is 0.187 e. The molecule has 0 amide bonds. The topological polar surface area (TPSA) is 338 Å². The van der Waals surface area contributed by atoms with Gasteiger partial charge in [-0.3, -0.25) is 68.8 Å². The molecule has 0 bridgehead atoms. The third-order valence-corrected chi connectivity index (χ3v) is 18.6. The summed E-state index contributed by atoms with van der Waals surface area (Å²) < 4.78 is 41.9. The molecule has 15 aromatic rings. The minimum absolute atomic E-state index is 0.0900. The van der Waals surface area contributed by atoms with E-state index < -0.39 is 5.82 Å². The highest BCUT2D eigenvalue weighted by Gasteiger charge is 2.20. The molecule has 0 aliphatic carbocycles. The van der Waals surface area contributed by atoms with Gasteiger partial charge in [-0.2, -0.15) is 0 Å². The van der Waals surface area contributed by atoms with E-state index in [4.69, 9.17) is 46.9 Å². The maximum atomic E-state index is 13.3. The van der Waals surface area contributed by atoms with Crippen LogP contribution in [-0.4, -0.2) is 109 Å². The molecule has 642 valence electrons. The zero-order chi connectivity index (χ0) is 90.3. The van der Waals surface area contributed by atoms with Crippen LogP contribution in [0.1, 0.15) is 164 Å². The van der Waals surface area contributed by atoms with Gasteiger partial charge in [0.25, 0.3) is 0 Å². The molecule has 0 aromatic carbocycles. The molecule has 0 spiro atoms. The highest BCUT2D eigenvalue weighted by Crippen LogP contribution is 2.30. The van der Waals surface area contributed by atoms with Gasteiger partial charge in [0.2, 0.25) is 0 Å². The first-order valence-electron chi connectivity index (χ1n) is 40.4. The summed E-state index contributed by atoms with van der Waals surface area (Å²) in [6.45, 7) is 21.1. The second-order valence-electron chi connectivity index (χ2n) is 28.9. The molecule has 0 aliphatic heterocycles. The fraction of sp³-hybridized carbons (Fsp3) is 0.194. The van der Waals surface area contributed by atoms with E-state index in [1.54, 1.807) is 122 Å². The first kappa shape index (κ1) is 92.8. The molecule has 0 unspecified atom stereocenters. The minimum Gasteiger partial charge on any atom is -0.456 e. The molecule has 15 heterocycles. The van der Waals surface area contributed by atoms with E-state index in [1.807, 2.05) is 161 Å². The van der Waals surface area contributed by atoms with Gasteiger partial charge in [0.05, 0.1) is 85.5 Å². The summed E-state index contributed by atoms with van der Waals surface area (Å²) in [5, 5.41) is 0.955. The zero-order valence-electron chi connectivity index (χ0n) is 71.6. The number of ether oxygens (including phenoxy) is 5. The lowest BCUT2D eigenvalue weighted by Crippen LogP contribution is -2.09. The minimum atomic E-state index is -0.492. The van der Waals surface area contributed by atoms with Crippen LogP contribution >= 0.6 is 23.2 Å². The Hall–Kier alpha value is -15.0. The first-order chi connectivity index (χ1) is 61.2. The molecule has 0 saturated heterocycles. The van der Waals surface area contributed by atoms with Crippen LogP contribution in [0.4, 0.5) is 4.39 Å². The van der Waals surface area contributed by atoms with Crippen molar-refractivity contribution in [1.82, 2.24) is 79.7 Å². The van der Waals surface area contributed by atoms with Crippen molar-refractivity contribution in [2.45, 2.75) is 128 Å². The molecule has 15 aromatic heterocycles. The largest absolute Gasteiger partial charge is 0.456 e. The van der Waals surface area contributed by atoms with Gasteiger partial charge in [-0.15, -0.1) is 0 Å². The van der Waals surface area contributed by atoms with Crippen molar-refractivity contribution in [3.63, 3.8) is 0 Å². The Bertz CT molecular complexity index is 6360. The van der Waals surface area contributed by atoms with Crippen LogP contribution < -0.4 is 23.7 Å². The summed E-state index contributed by atoms with van der Waals surface area (Å²) in [5.41, 5.74) is 14.7. The third-order valence-electron chi connectivity index (χ3n) is 18.2. The van der Waals surface area contributed by atoms with Gasteiger partial charge in [-0.25, -0.2) is 39.3 Å². The van der Waals surface area contributed by atoms with Crippen molar-refractivity contribution in [2.75, 3.05) is 0 Å². The van der Waals surface area contributed by atoms with Crippen molar-refractivity contribution in [3.8, 4) is 57.5 Å². The molecule has 0 N–H and O–H groups in total. The molecule has 0 atom stereocenters. The zero-order valence-corrected chi connectivity index (χ0v) is 73.1. The van der Waals surface area contributed by atoms with E-state index in [-0.39, 0.29) is 66.8 Å². The Morgan fingerprint density at radius 3 is 1.09 bits per heavy atom. The van der Waals surface area contributed by atoms with Crippen molar-refractivity contribution in [3.05, 3.63) is 380 Å². The lowest BCUT2D eigenvalue weighted by Gasteiger charge is -2.09. The van der Waals surface area contributed by atoms with Crippen LogP contribution in [0.25, 0.3) is 0 Å². The van der Waals surface area contributed by atoms with Crippen LogP contribution in [0.5, 0.6) is 57.5 Å². The Labute approximate surface area is 744 Å². The molecule has 0 radical (unpaired) electrons. The molecule has 29 heteroatoms. The van der Waals surface area contributed by atoms with E-state index in [9.17, 15) is 28.4 Å². The van der Waals surface area contributed by atoms with Crippen molar-refractivity contribution >= 4 is 52.1 Å². The van der Waals surface area contributed by atoms with Gasteiger partial charge >= 0.3 is 0 Å². The quantitative estimate of drug-likeness (QED) is 0.0411. The van der Waals surface area contributed by atoms with Crippen LogP contribution in [0.2, 0.25) is 10.0 Å². The maximum absolute atomic E-state index is 13.3. The number of ketones is 5. The van der Waals surface area contributed by atoms with Gasteiger partial charge in [0, 0.05) is 183 Å². The Balaban J connectivity index is 0.000000154. The van der Waals surface area contributed by atoms with Crippen molar-refractivity contribution in [2.24, 2.45) is 0 Å². The third kappa shape index (κ3) is 29.9. The smallest absolute Gasteiger partial charge is 0.187 e. The fourth-order valence-corrected chi connectivity index (χ4v) is 12.4. The number of aromatic nitrogens is 16. The van der Waals surface area contributed by atoms with Crippen LogP contribution in [0.3, 0.4) is 0 Å². The summed E-state index contributed by atoms with van der Waals surface area (Å²) in [6.07, 6.45) is 21.4. The number of nitrogens with zero attached hydrogens (tertiary/aromatic N) is 16. The van der Waals surface area contributed by atoms with Crippen LogP contribution in [-0.2, 0) is 51.4 Å². The number of Topliss-reactive ketones (excluding diaryl/α,β-unsaturated/α-hetero) is 5. The molecule has 0 saturated carbocycles. The standard InChI is InChI=1S/2C20H18ClN3O2.C20H18FN3O2.C19H18N4O2.C19H17N3O2/c1-12-4-5-16(24-14(12)3)8-20(25)19-9-17(6-13(2)23-19)26-18-7-15(21)10-22-11-18;1-3-15-5-4-6-16(24-15)9-20(25)19-10-17(7-13(2)23-19)26-18-8-14(21)11-22-12-18;1-3-15-7-17(26-18-6-14(21)11-22-12-18)9-19(24-15)20(25)8-16-5-4-13(2)10-23-16;1-3-14-7-16(25-17-10-20-12-21-11-17)9-18(23-14)19(24)8-15-6-4-5-13(2)22-15;1-13-5-3-6-15(21-13)10-19(23)18-11-17(9-14(2)22-18)24-16-7-4-8-20-12-16/h4-7,9-11H,8H2,1-3H3;4-8,10-12H,3,9H2,1-2H3;4-7,9-12H,3,8H2,1-2H3;4-7,9-12H,3,8H2,1-2H3;3-9,11-12H,10H2,1-2H3. The number of pyridine rings is 14. The lowest BCUT2D eigenvalue weighted by molar-refractivity contribution is 0.0978. The monoisotopic (exact) mass is 1740 g/mol. The Morgan fingerprint density at radius 1 is 0.291 bits per heavy atom. The number of hydrogen-bond acceptors (Lipinski definition) is 26. The predicted molar refractivity (Wildman–Crippen MR) is 478 cm³/mol. The second-order valence-corrected chi connectivity index (χ2v) is 29.8. The molecule has 0 fully saturated rings. The summed E-state index contributed by atoms with van der Waals surface area (Å²) in [4.78, 5) is 130. The Morgan fingerprint density at radius 2 is 0.669 bits per heavy atom. The summed E-state index contributed by atoms with van der Waals surface area (Å²) in [5.74, 6) is 3.88. The Kier molecular flexibility index (Phi) is 33.6. The normalized spacial score (nSPS) is 10.5. The van der Waals surface area contributed by atoms with E-state index in [0.29, 0.717) is 126 Å². The number of hydrogen-bond donors (Lipinski definition) is 0. The lowest BCUT2D eigenvalue weighted by atomic mass is 10.1. The van der Waals surface area contributed by atoms with Crippen molar-refractivity contribution < 1.29 is 52.0 Å². The van der Waals surface area contributed by atoms with Gasteiger partial charge in [-0.05, 0) is 146 Å². The van der Waals surface area contributed by atoms with Crippen LogP contribution in [0, 0.1) is 61.2 Å². The van der Waals surface area contributed by atoms with E-state index in [0.717, 1.165) is 80.7 Å². The summed E-state index contributed by atoms with van der Waals surface area (Å²) in [6, 6.07) is 49.6. The van der Waals surface area contributed by atoms with E-state index >= 15 is 0 Å². The number of carbonyl (C=O) groups excluding carboxylic acids is 5. The number of aryl methyl sites for hydroxylation is 11. The number of rotatable bonds is 28. The van der Waals surface area contributed by atoms with Gasteiger partial charge in [-0.1, -0.05) is 74.3 Å². The van der Waals surface area contributed by atoms with E-state index in [2.05, 4.69) is 79.7 Å². The summed E-state index contributed by atoms with van der Waals surface area (Å²) in [7, 11) is 0. The number of carbonyl (C=O) groups is 5. The predicted octanol–water partition coefficient (Wildman–Crippen LogP) is 20.4. The fourth-order valence-electron chi connectivity index (χ4n) is 12.1. The van der Waals surface area contributed by atoms with Crippen molar-refractivity contribution in [1.29, 1.82) is 0 Å². The molecule has 15 rings (SSSR count). The molecular weight excluding hydrogens is 1650 g/mol. The highest BCUT2D eigenvalue weighted by molar-refractivity contribution is 6.30.